The Hall–Kier alpha value is -0.850. The molecule has 0 spiro atoms. The Kier molecular flexibility index (Phi) is 3.79. The van der Waals surface area contributed by atoms with Gasteiger partial charge in [0.1, 0.15) is 5.82 Å². The number of halogens is 1. The number of nitrogens with zero attached hydrogens (tertiary/aromatic N) is 2. The number of pyridine rings is 1. The average Bonchev–Trinajstić information content (AvgIpc) is 2.29. The van der Waals surface area contributed by atoms with Crippen LogP contribution in [0.3, 0.4) is 0 Å². The molecule has 1 fully saturated rings. The molecule has 100 valence electrons. The van der Waals surface area contributed by atoms with Crippen LogP contribution in [0.25, 0.3) is 0 Å². The number of nitrogens with two attached hydrogens (primary N) is 1. The van der Waals surface area contributed by atoms with Crippen LogP contribution in [0.15, 0.2) is 12.3 Å². The number of hydrogen-bond donors (Lipinski definition) is 1. The van der Waals surface area contributed by atoms with Crippen LogP contribution in [0.1, 0.15) is 12.5 Å². The molecule has 1 aromatic rings. The van der Waals surface area contributed by atoms with E-state index in [0.717, 1.165) is 5.56 Å². The number of aromatic nitrogens is 1. The van der Waals surface area contributed by atoms with Crippen LogP contribution in [0.2, 0.25) is 5.02 Å². The molecule has 0 amide bonds. The van der Waals surface area contributed by atoms with Crippen LogP contribution in [0.4, 0.5) is 5.82 Å². The van der Waals surface area contributed by atoms with Crippen molar-refractivity contribution in [2.75, 3.05) is 23.0 Å². The van der Waals surface area contributed by atoms with Crippen molar-refractivity contribution in [1.29, 1.82) is 0 Å². The molecule has 0 radical (unpaired) electrons. The number of sulfone groups is 1. The molecule has 2 heterocycles. The zero-order chi connectivity index (χ0) is 13.3. The minimum atomic E-state index is -2.93. The van der Waals surface area contributed by atoms with Crippen molar-refractivity contribution in [3.63, 3.8) is 0 Å². The third kappa shape index (κ3) is 2.76. The summed E-state index contributed by atoms with van der Waals surface area (Å²) in [4.78, 5) is 6.22. The molecule has 1 atom stereocenters. The van der Waals surface area contributed by atoms with Gasteiger partial charge in [0.25, 0.3) is 0 Å². The van der Waals surface area contributed by atoms with Gasteiger partial charge in [0.2, 0.25) is 0 Å². The van der Waals surface area contributed by atoms with E-state index in [1.807, 2.05) is 11.8 Å². The molecular formula is C11H16ClN3O2S. The van der Waals surface area contributed by atoms with E-state index < -0.39 is 9.84 Å². The monoisotopic (exact) mass is 289 g/mol. The highest BCUT2D eigenvalue weighted by atomic mass is 35.5. The Morgan fingerprint density at radius 3 is 2.89 bits per heavy atom. The van der Waals surface area contributed by atoms with E-state index >= 15 is 0 Å². The van der Waals surface area contributed by atoms with Gasteiger partial charge in [-0.1, -0.05) is 11.6 Å². The van der Waals surface area contributed by atoms with Gasteiger partial charge < -0.3 is 10.6 Å². The SMILES string of the molecule is CC1CS(=O)(=O)CCN1c1ncc(CN)cc1Cl. The van der Waals surface area contributed by atoms with E-state index in [4.69, 9.17) is 17.3 Å². The molecule has 1 saturated heterocycles. The predicted octanol–water partition coefficient (Wildman–Crippen LogP) is 0.817. The van der Waals surface area contributed by atoms with Crippen LogP contribution < -0.4 is 10.6 Å². The Morgan fingerprint density at radius 1 is 1.61 bits per heavy atom. The van der Waals surface area contributed by atoms with Gasteiger partial charge in [-0.15, -0.1) is 0 Å². The van der Waals surface area contributed by atoms with Gasteiger partial charge in [-0.25, -0.2) is 13.4 Å². The van der Waals surface area contributed by atoms with Gasteiger partial charge in [-0.2, -0.15) is 0 Å². The Labute approximate surface area is 112 Å². The lowest BCUT2D eigenvalue weighted by molar-refractivity contribution is 0.567. The Morgan fingerprint density at radius 2 is 2.33 bits per heavy atom. The summed E-state index contributed by atoms with van der Waals surface area (Å²) in [5.41, 5.74) is 6.38. The van der Waals surface area contributed by atoms with Crippen LogP contribution in [-0.2, 0) is 16.4 Å². The zero-order valence-electron chi connectivity index (χ0n) is 10.1. The fraction of sp³-hybridized carbons (Fsp3) is 0.545. The highest BCUT2D eigenvalue weighted by Gasteiger charge is 2.29. The van der Waals surface area contributed by atoms with Gasteiger partial charge in [0.05, 0.1) is 16.5 Å². The minimum Gasteiger partial charge on any atom is -0.351 e. The van der Waals surface area contributed by atoms with Crippen molar-refractivity contribution in [3.8, 4) is 0 Å². The normalized spacial score (nSPS) is 23.1. The fourth-order valence-corrected chi connectivity index (χ4v) is 3.96. The van der Waals surface area contributed by atoms with Gasteiger partial charge in [0, 0.05) is 25.3 Å². The Balaban J connectivity index is 2.27. The number of hydrogen-bond acceptors (Lipinski definition) is 5. The lowest BCUT2D eigenvalue weighted by Crippen LogP contribution is -2.47. The summed E-state index contributed by atoms with van der Waals surface area (Å²) in [5.74, 6) is 0.925. The van der Waals surface area contributed by atoms with Crippen molar-refractivity contribution in [1.82, 2.24) is 4.98 Å². The second kappa shape index (κ2) is 5.03. The highest BCUT2D eigenvalue weighted by molar-refractivity contribution is 7.91. The van der Waals surface area contributed by atoms with E-state index in [1.165, 1.54) is 0 Å². The molecule has 5 nitrogen and oxygen atoms in total. The molecule has 0 aromatic carbocycles. The van der Waals surface area contributed by atoms with Crippen LogP contribution in [-0.4, -0.2) is 37.5 Å². The van der Waals surface area contributed by atoms with Gasteiger partial charge in [-0.3, -0.25) is 0 Å². The van der Waals surface area contributed by atoms with E-state index in [2.05, 4.69) is 4.98 Å². The average molecular weight is 290 g/mol. The maximum absolute atomic E-state index is 11.5. The smallest absolute Gasteiger partial charge is 0.154 e. The largest absolute Gasteiger partial charge is 0.351 e. The summed E-state index contributed by atoms with van der Waals surface area (Å²) in [6.45, 7) is 2.68. The van der Waals surface area contributed by atoms with E-state index in [-0.39, 0.29) is 17.5 Å². The molecule has 7 heteroatoms. The maximum atomic E-state index is 11.5. The molecule has 1 aromatic heterocycles. The topological polar surface area (TPSA) is 76.3 Å². The van der Waals surface area contributed by atoms with Crippen molar-refractivity contribution < 1.29 is 8.42 Å². The first-order chi connectivity index (χ1) is 8.43. The summed E-state index contributed by atoms with van der Waals surface area (Å²) >= 11 is 6.17. The molecule has 18 heavy (non-hydrogen) atoms. The first kappa shape index (κ1) is 13.6. The first-order valence-electron chi connectivity index (χ1n) is 5.74. The molecule has 1 unspecified atom stereocenters. The van der Waals surface area contributed by atoms with E-state index in [0.29, 0.717) is 23.9 Å². The molecule has 0 aliphatic carbocycles. The number of rotatable bonds is 2. The van der Waals surface area contributed by atoms with Crippen LogP contribution >= 0.6 is 11.6 Å². The molecule has 2 N–H and O–H groups in total. The van der Waals surface area contributed by atoms with Gasteiger partial charge >= 0.3 is 0 Å². The van der Waals surface area contributed by atoms with Gasteiger partial charge in [0.15, 0.2) is 9.84 Å². The molecular weight excluding hydrogens is 274 g/mol. The molecule has 0 bridgehead atoms. The van der Waals surface area contributed by atoms with Crippen molar-refractivity contribution in [3.05, 3.63) is 22.8 Å². The molecule has 1 aliphatic heterocycles. The minimum absolute atomic E-state index is 0.113. The summed E-state index contributed by atoms with van der Waals surface area (Å²) in [6.07, 6.45) is 1.68. The first-order valence-corrected chi connectivity index (χ1v) is 7.94. The van der Waals surface area contributed by atoms with E-state index in [1.54, 1.807) is 12.3 Å². The summed E-state index contributed by atoms with van der Waals surface area (Å²) < 4.78 is 23.1. The molecule has 1 aliphatic rings. The summed E-state index contributed by atoms with van der Waals surface area (Å²) in [7, 11) is -2.93. The summed E-state index contributed by atoms with van der Waals surface area (Å²) in [5, 5.41) is 0.518. The third-order valence-electron chi connectivity index (χ3n) is 3.06. The van der Waals surface area contributed by atoms with Crippen molar-refractivity contribution in [2.45, 2.75) is 19.5 Å². The highest BCUT2D eigenvalue weighted by Crippen LogP contribution is 2.27. The lowest BCUT2D eigenvalue weighted by Gasteiger charge is -2.34. The quantitative estimate of drug-likeness (QED) is 0.872. The van der Waals surface area contributed by atoms with Crippen LogP contribution in [0, 0.1) is 0 Å². The van der Waals surface area contributed by atoms with Crippen molar-refractivity contribution >= 4 is 27.3 Å². The third-order valence-corrected chi connectivity index (χ3v) is 5.13. The number of anilines is 1. The van der Waals surface area contributed by atoms with Crippen molar-refractivity contribution in [2.24, 2.45) is 5.73 Å². The summed E-state index contributed by atoms with van der Waals surface area (Å²) in [6, 6.07) is 1.66. The predicted molar refractivity (Wildman–Crippen MR) is 72.6 cm³/mol. The Bertz CT molecular complexity index is 547. The second-order valence-corrected chi connectivity index (χ2v) is 7.15. The standard InChI is InChI=1S/C11H16ClN3O2S/c1-8-7-18(16,17)3-2-15(8)11-10(12)4-9(5-13)6-14-11/h4,6,8H,2-3,5,7,13H2,1H3. The van der Waals surface area contributed by atoms with Gasteiger partial charge in [-0.05, 0) is 18.6 Å². The van der Waals surface area contributed by atoms with Crippen LogP contribution in [0.5, 0.6) is 0 Å². The molecule has 0 saturated carbocycles. The maximum Gasteiger partial charge on any atom is 0.154 e. The fourth-order valence-electron chi connectivity index (χ4n) is 2.11. The second-order valence-electron chi connectivity index (χ2n) is 4.51. The molecule has 2 rings (SSSR count). The zero-order valence-corrected chi connectivity index (χ0v) is 11.7. The lowest BCUT2D eigenvalue weighted by atomic mass is 10.2. The van der Waals surface area contributed by atoms with E-state index in [9.17, 15) is 8.42 Å².